The Hall–Kier alpha value is -0.830. The smallest absolute Gasteiger partial charge is 0.0642 e. The number of nitrogens with two attached hydrogens (primary N) is 1. The van der Waals surface area contributed by atoms with E-state index >= 15 is 0 Å². The maximum atomic E-state index is 5.13. The molecule has 3 heteroatoms. The summed E-state index contributed by atoms with van der Waals surface area (Å²) in [4.78, 5) is 0. The Balaban J connectivity index is 3.06. The molecule has 0 heterocycles. The second-order valence-corrected chi connectivity index (χ2v) is 3.14. The van der Waals surface area contributed by atoms with Crippen molar-refractivity contribution in [3.8, 4) is 0 Å². The highest BCUT2D eigenvalue weighted by Gasteiger charge is 1.95. The lowest BCUT2D eigenvalue weighted by molar-refractivity contribution is 1.24. The molecule has 0 bridgehead atoms. The first kappa shape index (κ1) is 8.27. The highest BCUT2D eigenvalue weighted by molar-refractivity contribution is 9.10. The van der Waals surface area contributed by atoms with E-state index in [1.165, 1.54) is 0 Å². The van der Waals surface area contributed by atoms with Gasteiger partial charge in [0.2, 0.25) is 0 Å². The topological polar surface area (TPSA) is 38.4 Å². The van der Waals surface area contributed by atoms with Crippen molar-refractivity contribution >= 4 is 21.6 Å². The van der Waals surface area contributed by atoms with Crippen LogP contribution < -0.4 is 5.84 Å². The van der Waals surface area contributed by atoms with E-state index in [1.54, 1.807) is 0 Å². The third-order valence-corrected chi connectivity index (χ3v) is 1.93. The van der Waals surface area contributed by atoms with Crippen LogP contribution in [0, 0.1) is 0 Å². The standard InChI is InChI=1S/C8H9BrN2/c1-6(11-10)7-3-2-4-8(9)5-7/h2-5H,10H2,1H3. The molecule has 0 aliphatic rings. The van der Waals surface area contributed by atoms with Crippen LogP contribution >= 0.6 is 15.9 Å². The predicted octanol–water partition coefficient (Wildman–Crippen LogP) is 2.13. The molecule has 0 unspecified atom stereocenters. The minimum atomic E-state index is 0.839. The van der Waals surface area contributed by atoms with Crippen LogP contribution in [0.2, 0.25) is 0 Å². The molecule has 0 atom stereocenters. The zero-order chi connectivity index (χ0) is 8.27. The SMILES string of the molecule is CC(=NN)c1cccc(Br)c1. The molecule has 0 aliphatic heterocycles. The normalized spacial score (nSPS) is 11.6. The lowest BCUT2D eigenvalue weighted by Gasteiger charge is -1.98. The van der Waals surface area contributed by atoms with Gasteiger partial charge in [0, 0.05) is 4.47 Å². The van der Waals surface area contributed by atoms with Gasteiger partial charge >= 0.3 is 0 Å². The van der Waals surface area contributed by atoms with Gasteiger partial charge in [0.05, 0.1) is 5.71 Å². The van der Waals surface area contributed by atoms with Crippen molar-refractivity contribution in [3.63, 3.8) is 0 Å². The van der Waals surface area contributed by atoms with Gasteiger partial charge in [0.15, 0.2) is 0 Å². The fourth-order valence-electron chi connectivity index (χ4n) is 0.788. The second-order valence-electron chi connectivity index (χ2n) is 2.22. The summed E-state index contributed by atoms with van der Waals surface area (Å²) >= 11 is 3.36. The number of nitrogens with zero attached hydrogens (tertiary/aromatic N) is 1. The van der Waals surface area contributed by atoms with Crippen molar-refractivity contribution < 1.29 is 0 Å². The summed E-state index contributed by atoms with van der Waals surface area (Å²) in [6.07, 6.45) is 0. The number of halogens is 1. The summed E-state index contributed by atoms with van der Waals surface area (Å²) in [5.41, 5.74) is 1.88. The molecule has 0 aromatic heterocycles. The molecule has 0 radical (unpaired) electrons. The molecule has 2 N–H and O–H groups in total. The molecule has 0 amide bonds. The van der Waals surface area contributed by atoms with Gasteiger partial charge < -0.3 is 5.84 Å². The van der Waals surface area contributed by atoms with Crippen LogP contribution in [0.1, 0.15) is 12.5 Å². The Morgan fingerprint density at radius 1 is 1.55 bits per heavy atom. The lowest BCUT2D eigenvalue weighted by atomic mass is 10.1. The molecule has 0 saturated heterocycles. The lowest BCUT2D eigenvalue weighted by Crippen LogP contribution is -1.97. The quantitative estimate of drug-likeness (QED) is 0.433. The van der Waals surface area contributed by atoms with E-state index in [9.17, 15) is 0 Å². The van der Waals surface area contributed by atoms with Crippen molar-refractivity contribution in [2.45, 2.75) is 6.92 Å². The van der Waals surface area contributed by atoms with Crippen molar-refractivity contribution in [1.29, 1.82) is 0 Å². The van der Waals surface area contributed by atoms with Gasteiger partial charge in [-0.15, -0.1) is 0 Å². The fourth-order valence-corrected chi connectivity index (χ4v) is 1.19. The number of hydrogen-bond acceptors (Lipinski definition) is 2. The average molecular weight is 213 g/mol. The predicted molar refractivity (Wildman–Crippen MR) is 50.5 cm³/mol. The highest BCUT2D eigenvalue weighted by Crippen LogP contribution is 2.11. The summed E-state index contributed by atoms with van der Waals surface area (Å²) in [6, 6.07) is 7.86. The first-order chi connectivity index (χ1) is 5.24. The molecule has 0 saturated carbocycles. The molecule has 2 nitrogen and oxygen atoms in total. The van der Waals surface area contributed by atoms with Crippen LogP contribution in [0.3, 0.4) is 0 Å². The molecule has 0 aliphatic carbocycles. The molecule has 11 heavy (non-hydrogen) atoms. The van der Waals surface area contributed by atoms with E-state index in [2.05, 4.69) is 21.0 Å². The van der Waals surface area contributed by atoms with Crippen LogP contribution in [-0.4, -0.2) is 5.71 Å². The molecular weight excluding hydrogens is 204 g/mol. The third kappa shape index (κ3) is 2.05. The summed E-state index contributed by atoms with van der Waals surface area (Å²) in [5.74, 6) is 5.13. The minimum absolute atomic E-state index is 0.839. The number of rotatable bonds is 1. The highest BCUT2D eigenvalue weighted by atomic mass is 79.9. The van der Waals surface area contributed by atoms with Crippen molar-refractivity contribution in [1.82, 2.24) is 0 Å². The van der Waals surface area contributed by atoms with E-state index in [0.717, 1.165) is 15.7 Å². The summed E-state index contributed by atoms with van der Waals surface area (Å²) in [7, 11) is 0. The summed E-state index contributed by atoms with van der Waals surface area (Å²) in [6.45, 7) is 1.88. The zero-order valence-corrected chi connectivity index (χ0v) is 7.80. The maximum absolute atomic E-state index is 5.13. The van der Waals surface area contributed by atoms with Gasteiger partial charge in [-0.1, -0.05) is 28.1 Å². The van der Waals surface area contributed by atoms with Crippen molar-refractivity contribution in [2.75, 3.05) is 0 Å². The Labute approximate surface area is 74.2 Å². The van der Waals surface area contributed by atoms with E-state index in [-0.39, 0.29) is 0 Å². The second kappa shape index (κ2) is 3.53. The molecule has 1 rings (SSSR count). The maximum Gasteiger partial charge on any atom is 0.0642 e. The van der Waals surface area contributed by atoms with Crippen LogP contribution in [0.25, 0.3) is 0 Å². The van der Waals surface area contributed by atoms with Gasteiger partial charge in [0.25, 0.3) is 0 Å². The van der Waals surface area contributed by atoms with E-state index in [0.29, 0.717) is 0 Å². The first-order valence-corrected chi connectivity index (χ1v) is 4.04. The van der Waals surface area contributed by atoms with Gasteiger partial charge in [-0.2, -0.15) is 5.10 Å². The average Bonchev–Trinajstić information content (AvgIpc) is 2.03. The molecular formula is C8H9BrN2. The van der Waals surface area contributed by atoms with Gasteiger partial charge in [-0.25, -0.2) is 0 Å². The largest absolute Gasteiger partial charge is 0.323 e. The Morgan fingerprint density at radius 3 is 2.82 bits per heavy atom. The Kier molecular flexibility index (Phi) is 2.65. The summed E-state index contributed by atoms with van der Waals surface area (Å²) in [5, 5.41) is 3.60. The first-order valence-electron chi connectivity index (χ1n) is 3.24. The van der Waals surface area contributed by atoms with Crippen LogP contribution in [0.15, 0.2) is 33.8 Å². The van der Waals surface area contributed by atoms with E-state index in [1.807, 2.05) is 31.2 Å². The zero-order valence-electron chi connectivity index (χ0n) is 6.21. The number of hydrogen-bond donors (Lipinski definition) is 1. The molecule has 1 aromatic rings. The van der Waals surface area contributed by atoms with Gasteiger partial charge in [-0.05, 0) is 24.6 Å². The third-order valence-electron chi connectivity index (χ3n) is 1.44. The molecule has 0 fully saturated rings. The summed E-state index contributed by atoms with van der Waals surface area (Å²) < 4.78 is 1.04. The monoisotopic (exact) mass is 212 g/mol. The van der Waals surface area contributed by atoms with E-state index in [4.69, 9.17) is 5.84 Å². The van der Waals surface area contributed by atoms with E-state index < -0.39 is 0 Å². The minimum Gasteiger partial charge on any atom is -0.323 e. The Bertz CT molecular complexity index is 281. The molecule has 58 valence electrons. The molecule has 0 spiro atoms. The fraction of sp³-hybridized carbons (Fsp3) is 0.125. The van der Waals surface area contributed by atoms with Crippen LogP contribution in [0.4, 0.5) is 0 Å². The number of benzene rings is 1. The number of hydrazone groups is 1. The van der Waals surface area contributed by atoms with Gasteiger partial charge in [0.1, 0.15) is 0 Å². The molecule has 1 aromatic carbocycles. The van der Waals surface area contributed by atoms with Crippen LogP contribution in [0.5, 0.6) is 0 Å². The van der Waals surface area contributed by atoms with Crippen molar-refractivity contribution in [3.05, 3.63) is 34.3 Å². The Morgan fingerprint density at radius 2 is 2.27 bits per heavy atom. The van der Waals surface area contributed by atoms with Gasteiger partial charge in [-0.3, -0.25) is 0 Å². The van der Waals surface area contributed by atoms with Crippen LogP contribution in [-0.2, 0) is 0 Å². The van der Waals surface area contributed by atoms with Crippen molar-refractivity contribution in [2.24, 2.45) is 10.9 Å².